The van der Waals surface area contributed by atoms with Gasteiger partial charge in [0.2, 0.25) is 0 Å². The first kappa shape index (κ1) is 8.73. The van der Waals surface area contributed by atoms with Gasteiger partial charge in [0.15, 0.2) is 0 Å². The van der Waals surface area contributed by atoms with Crippen molar-refractivity contribution < 1.29 is 0 Å². The highest BCUT2D eigenvalue weighted by Gasteiger charge is 2.01. The second-order valence-corrected chi connectivity index (χ2v) is 4.12. The molecule has 0 unspecified atom stereocenters. The van der Waals surface area contributed by atoms with E-state index in [2.05, 4.69) is 11.1 Å². The van der Waals surface area contributed by atoms with E-state index in [-0.39, 0.29) is 0 Å². The minimum Gasteiger partial charge on any atom is -0.259 e. The van der Waals surface area contributed by atoms with E-state index in [1.165, 1.54) is 4.88 Å². The SMILES string of the molecule is Cc1ncc(-c2cccs2)cc1Cl. The molecule has 66 valence electrons. The summed E-state index contributed by atoms with van der Waals surface area (Å²) in [7, 11) is 0. The molecule has 2 aromatic heterocycles. The van der Waals surface area contributed by atoms with E-state index in [1.807, 2.05) is 30.6 Å². The maximum atomic E-state index is 5.97. The molecule has 2 aromatic rings. The highest BCUT2D eigenvalue weighted by atomic mass is 35.5. The van der Waals surface area contributed by atoms with Gasteiger partial charge < -0.3 is 0 Å². The van der Waals surface area contributed by atoms with Crippen LogP contribution in [0.1, 0.15) is 5.69 Å². The van der Waals surface area contributed by atoms with Gasteiger partial charge in [-0.2, -0.15) is 0 Å². The molecule has 2 heterocycles. The van der Waals surface area contributed by atoms with Crippen LogP contribution in [0.25, 0.3) is 10.4 Å². The lowest BCUT2D eigenvalue weighted by molar-refractivity contribution is 1.20. The van der Waals surface area contributed by atoms with Crippen molar-refractivity contribution in [2.45, 2.75) is 6.92 Å². The smallest absolute Gasteiger partial charge is 0.0625 e. The van der Waals surface area contributed by atoms with E-state index < -0.39 is 0 Å². The van der Waals surface area contributed by atoms with Crippen molar-refractivity contribution in [3.05, 3.63) is 40.5 Å². The molecule has 0 spiro atoms. The van der Waals surface area contributed by atoms with Gasteiger partial charge in [-0.1, -0.05) is 17.7 Å². The van der Waals surface area contributed by atoms with E-state index >= 15 is 0 Å². The topological polar surface area (TPSA) is 12.9 Å². The molecule has 0 atom stereocenters. The zero-order valence-corrected chi connectivity index (χ0v) is 8.69. The van der Waals surface area contributed by atoms with Crippen LogP contribution in [-0.4, -0.2) is 4.98 Å². The molecule has 0 fully saturated rings. The molecule has 0 radical (unpaired) electrons. The molecule has 3 heteroatoms. The Balaban J connectivity index is 2.49. The maximum Gasteiger partial charge on any atom is 0.0625 e. The molecule has 0 aliphatic heterocycles. The van der Waals surface area contributed by atoms with Crippen LogP contribution in [0.2, 0.25) is 5.02 Å². The summed E-state index contributed by atoms with van der Waals surface area (Å²) in [5, 5.41) is 2.77. The number of hydrogen-bond donors (Lipinski definition) is 0. The Hall–Kier alpha value is -0.860. The van der Waals surface area contributed by atoms with Gasteiger partial charge in [0.25, 0.3) is 0 Å². The minimum atomic E-state index is 0.728. The number of rotatable bonds is 1. The molecule has 0 saturated carbocycles. The third-order valence-corrected chi connectivity index (χ3v) is 3.13. The summed E-state index contributed by atoms with van der Waals surface area (Å²) in [5.74, 6) is 0. The molecule has 0 N–H and O–H groups in total. The largest absolute Gasteiger partial charge is 0.259 e. The van der Waals surface area contributed by atoms with Gasteiger partial charge in [0, 0.05) is 16.6 Å². The standard InChI is InChI=1S/C10H8ClNS/c1-7-9(11)5-8(6-12-7)10-3-2-4-13-10/h2-6H,1H3. The van der Waals surface area contributed by atoms with Gasteiger partial charge in [-0.25, -0.2) is 0 Å². The lowest BCUT2D eigenvalue weighted by Crippen LogP contribution is -1.82. The fourth-order valence-electron chi connectivity index (χ4n) is 1.08. The Morgan fingerprint density at radius 2 is 2.31 bits per heavy atom. The first-order valence-corrected chi connectivity index (χ1v) is 5.19. The Bertz CT molecular complexity index is 409. The van der Waals surface area contributed by atoms with Crippen molar-refractivity contribution >= 4 is 22.9 Å². The predicted octanol–water partition coefficient (Wildman–Crippen LogP) is 3.77. The Morgan fingerprint density at radius 3 is 2.92 bits per heavy atom. The first-order valence-electron chi connectivity index (χ1n) is 3.93. The zero-order chi connectivity index (χ0) is 9.26. The Labute approximate surface area is 86.0 Å². The summed E-state index contributed by atoms with van der Waals surface area (Å²) in [4.78, 5) is 5.41. The van der Waals surface area contributed by atoms with Crippen molar-refractivity contribution in [3.8, 4) is 10.4 Å². The fourth-order valence-corrected chi connectivity index (χ4v) is 1.96. The van der Waals surface area contributed by atoms with Gasteiger partial charge in [-0.05, 0) is 24.4 Å². The molecular formula is C10H8ClNS. The van der Waals surface area contributed by atoms with Crippen LogP contribution in [0.5, 0.6) is 0 Å². The van der Waals surface area contributed by atoms with Gasteiger partial charge in [0.1, 0.15) is 0 Å². The molecule has 1 nitrogen and oxygen atoms in total. The van der Waals surface area contributed by atoms with Crippen LogP contribution in [0.15, 0.2) is 29.8 Å². The molecule has 2 rings (SSSR count). The Kier molecular flexibility index (Phi) is 2.34. The second kappa shape index (κ2) is 3.48. The number of aryl methyl sites for hydroxylation is 1. The van der Waals surface area contributed by atoms with E-state index in [1.54, 1.807) is 11.3 Å². The van der Waals surface area contributed by atoms with Crippen molar-refractivity contribution in [1.29, 1.82) is 0 Å². The number of halogens is 1. The van der Waals surface area contributed by atoms with Crippen LogP contribution in [0.4, 0.5) is 0 Å². The predicted molar refractivity (Wildman–Crippen MR) is 57.3 cm³/mol. The lowest BCUT2D eigenvalue weighted by Gasteiger charge is -1.99. The van der Waals surface area contributed by atoms with E-state index in [0.717, 1.165) is 16.3 Å². The van der Waals surface area contributed by atoms with E-state index in [9.17, 15) is 0 Å². The van der Waals surface area contributed by atoms with Crippen LogP contribution in [0.3, 0.4) is 0 Å². The number of nitrogens with zero attached hydrogens (tertiary/aromatic N) is 1. The quantitative estimate of drug-likeness (QED) is 0.697. The average molecular weight is 210 g/mol. The van der Waals surface area contributed by atoms with Crippen molar-refractivity contribution in [3.63, 3.8) is 0 Å². The van der Waals surface area contributed by atoms with Crippen LogP contribution in [-0.2, 0) is 0 Å². The summed E-state index contributed by atoms with van der Waals surface area (Å²) >= 11 is 7.66. The molecule has 0 aromatic carbocycles. The Morgan fingerprint density at radius 1 is 1.46 bits per heavy atom. The molecule has 0 bridgehead atoms. The van der Waals surface area contributed by atoms with Crippen molar-refractivity contribution in [2.24, 2.45) is 0 Å². The first-order chi connectivity index (χ1) is 6.27. The fraction of sp³-hybridized carbons (Fsp3) is 0.100. The highest BCUT2D eigenvalue weighted by molar-refractivity contribution is 7.13. The second-order valence-electron chi connectivity index (χ2n) is 2.77. The molecule has 13 heavy (non-hydrogen) atoms. The van der Waals surface area contributed by atoms with Gasteiger partial charge in [0.05, 0.1) is 10.7 Å². The zero-order valence-electron chi connectivity index (χ0n) is 7.12. The number of thiophene rings is 1. The monoisotopic (exact) mass is 209 g/mol. The lowest BCUT2D eigenvalue weighted by atomic mass is 10.2. The van der Waals surface area contributed by atoms with E-state index in [4.69, 9.17) is 11.6 Å². The van der Waals surface area contributed by atoms with Crippen LogP contribution in [0, 0.1) is 6.92 Å². The minimum absolute atomic E-state index is 0.728. The molecule has 0 saturated heterocycles. The summed E-state index contributed by atoms with van der Waals surface area (Å²) in [6, 6.07) is 6.04. The highest BCUT2D eigenvalue weighted by Crippen LogP contribution is 2.26. The van der Waals surface area contributed by atoms with Gasteiger partial charge >= 0.3 is 0 Å². The molecule has 0 amide bonds. The number of aromatic nitrogens is 1. The summed E-state index contributed by atoms with van der Waals surface area (Å²) in [6.07, 6.45) is 1.85. The van der Waals surface area contributed by atoms with Crippen molar-refractivity contribution in [2.75, 3.05) is 0 Å². The average Bonchev–Trinajstić information content (AvgIpc) is 2.62. The maximum absolute atomic E-state index is 5.97. The normalized spacial score (nSPS) is 10.3. The van der Waals surface area contributed by atoms with Gasteiger partial charge in [-0.15, -0.1) is 11.3 Å². The van der Waals surface area contributed by atoms with Gasteiger partial charge in [-0.3, -0.25) is 4.98 Å². The van der Waals surface area contributed by atoms with Crippen LogP contribution < -0.4 is 0 Å². The third kappa shape index (κ3) is 1.74. The number of hydrogen-bond acceptors (Lipinski definition) is 2. The number of pyridine rings is 1. The third-order valence-electron chi connectivity index (χ3n) is 1.83. The van der Waals surface area contributed by atoms with Crippen molar-refractivity contribution in [1.82, 2.24) is 4.98 Å². The summed E-state index contributed by atoms with van der Waals surface area (Å²) < 4.78 is 0. The molecular weight excluding hydrogens is 202 g/mol. The molecule has 0 aliphatic rings. The van der Waals surface area contributed by atoms with Crippen LogP contribution >= 0.6 is 22.9 Å². The summed E-state index contributed by atoms with van der Waals surface area (Å²) in [5.41, 5.74) is 1.97. The van der Waals surface area contributed by atoms with E-state index in [0.29, 0.717) is 0 Å². The summed E-state index contributed by atoms with van der Waals surface area (Å²) in [6.45, 7) is 1.90. The molecule has 0 aliphatic carbocycles.